The van der Waals surface area contributed by atoms with E-state index in [1.54, 1.807) is 0 Å². The summed E-state index contributed by atoms with van der Waals surface area (Å²) < 4.78 is 51.1. The third kappa shape index (κ3) is 2.56. The molecule has 0 spiro atoms. The molecule has 8 heteroatoms. The van der Waals surface area contributed by atoms with E-state index in [-0.39, 0.29) is 10.0 Å². The first-order valence-corrected chi connectivity index (χ1v) is 5.97. The van der Waals surface area contributed by atoms with Crippen LogP contribution in [0, 0.1) is 5.82 Å². The van der Waals surface area contributed by atoms with E-state index in [0.29, 0.717) is 12.1 Å². The first-order chi connectivity index (χ1) is 7.27. The van der Waals surface area contributed by atoms with Crippen molar-refractivity contribution in [1.82, 2.24) is 0 Å². The average Bonchev–Trinajstić information content (AvgIpc) is 2.14. The summed E-state index contributed by atoms with van der Waals surface area (Å²) in [7, 11) is -4.16. The van der Waals surface area contributed by atoms with Crippen molar-refractivity contribution in [2.45, 2.75) is 4.90 Å². The molecule has 16 heavy (non-hydrogen) atoms. The molecule has 1 rings (SSSR count). The third-order valence-corrected chi connectivity index (χ3v) is 3.18. The van der Waals surface area contributed by atoms with Crippen molar-refractivity contribution in [3.63, 3.8) is 0 Å². The molecule has 0 N–H and O–H groups in total. The molecule has 1 aromatic rings. The zero-order chi connectivity index (χ0) is 12.5. The molecule has 0 heterocycles. The second kappa shape index (κ2) is 4.46. The molecule has 0 radical (unpaired) electrons. The van der Waals surface area contributed by atoms with Gasteiger partial charge in [0.05, 0.1) is 12.7 Å². The fourth-order valence-corrected chi connectivity index (χ4v) is 2.01. The molecule has 0 amide bonds. The fourth-order valence-electron chi connectivity index (χ4n) is 0.982. The predicted molar refractivity (Wildman–Crippen MR) is 53.7 cm³/mol. The number of hydrogen-bond acceptors (Lipinski definition) is 4. The Labute approximate surface area is 98.6 Å². The number of methoxy groups -OCH3 is 1. The van der Waals surface area contributed by atoms with Crippen LogP contribution in [0.1, 0.15) is 10.4 Å². The molecule has 0 aliphatic carbocycles. The van der Waals surface area contributed by atoms with E-state index in [2.05, 4.69) is 20.7 Å². The molecule has 0 atom stereocenters. The highest BCUT2D eigenvalue weighted by Gasteiger charge is 2.23. The van der Waals surface area contributed by atoms with Crippen LogP contribution < -0.4 is 0 Å². The van der Waals surface area contributed by atoms with Gasteiger partial charge in [0.2, 0.25) is 0 Å². The summed E-state index contributed by atoms with van der Waals surface area (Å²) in [6.45, 7) is 0. The van der Waals surface area contributed by atoms with E-state index in [4.69, 9.17) is 0 Å². The van der Waals surface area contributed by atoms with Gasteiger partial charge in [-0.2, -0.15) is 8.42 Å². The van der Waals surface area contributed by atoms with E-state index in [9.17, 15) is 21.5 Å². The van der Waals surface area contributed by atoms with Gasteiger partial charge in [-0.05, 0) is 28.1 Å². The lowest BCUT2D eigenvalue weighted by Crippen LogP contribution is -2.06. The molecule has 1 aromatic carbocycles. The lowest BCUT2D eigenvalue weighted by Gasteiger charge is -2.04. The Morgan fingerprint density at radius 2 is 2.00 bits per heavy atom. The van der Waals surface area contributed by atoms with E-state index in [1.807, 2.05) is 0 Å². The number of benzene rings is 1. The monoisotopic (exact) mass is 314 g/mol. The second-order valence-electron chi connectivity index (χ2n) is 2.69. The minimum Gasteiger partial charge on any atom is -0.465 e. The zero-order valence-electron chi connectivity index (χ0n) is 7.83. The Morgan fingerprint density at radius 1 is 1.44 bits per heavy atom. The maximum Gasteiger partial charge on any atom is 0.339 e. The van der Waals surface area contributed by atoms with Gasteiger partial charge in [0.25, 0.3) is 0 Å². The average molecular weight is 315 g/mol. The summed E-state index contributed by atoms with van der Waals surface area (Å²) in [6.07, 6.45) is 0. The maximum atomic E-state index is 13.1. The topological polar surface area (TPSA) is 60.4 Å². The summed E-state index contributed by atoms with van der Waals surface area (Å²) >= 11 is 2.83. The van der Waals surface area contributed by atoms with Crippen molar-refractivity contribution in [3.05, 3.63) is 28.0 Å². The fraction of sp³-hybridized carbons (Fsp3) is 0.125. The zero-order valence-corrected chi connectivity index (χ0v) is 10.2. The normalized spacial score (nSPS) is 11.2. The van der Waals surface area contributed by atoms with E-state index < -0.39 is 26.9 Å². The van der Waals surface area contributed by atoms with Gasteiger partial charge in [0.1, 0.15) is 10.7 Å². The van der Waals surface area contributed by atoms with Crippen molar-refractivity contribution in [2.75, 3.05) is 7.11 Å². The van der Waals surface area contributed by atoms with Gasteiger partial charge in [-0.15, -0.1) is 3.89 Å². The molecular weight excluding hydrogens is 310 g/mol. The minimum atomic E-state index is -5.22. The molecule has 0 aromatic heterocycles. The Bertz CT molecular complexity index is 541. The highest BCUT2D eigenvalue weighted by molar-refractivity contribution is 9.10. The van der Waals surface area contributed by atoms with Crippen LogP contribution in [0.4, 0.5) is 8.28 Å². The SMILES string of the molecule is COC(=O)c1cc(S(=O)(=O)F)c(F)cc1Br. The summed E-state index contributed by atoms with van der Waals surface area (Å²) in [4.78, 5) is 9.93. The highest BCUT2D eigenvalue weighted by Crippen LogP contribution is 2.26. The summed E-state index contributed by atoms with van der Waals surface area (Å²) in [5.74, 6) is -2.20. The van der Waals surface area contributed by atoms with Gasteiger partial charge in [-0.3, -0.25) is 0 Å². The van der Waals surface area contributed by atoms with Gasteiger partial charge in [-0.1, -0.05) is 0 Å². The van der Waals surface area contributed by atoms with E-state index in [0.717, 1.165) is 7.11 Å². The van der Waals surface area contributed by atoms with E-state index in [1.165, 1.54) is 0 Å². The van der Waals surface area contributed by atoms with Crippen LogP contribution in [-0.4, -0.2) is 21.5 Å². The number of rotatable bonds is 2. The standard InChI is InChI=1S/C8H5BrF2O4S/c1-15-8(12)4-2-7(16(11,13)14)6(10)3-5(4)9/h2-3H,1H3. The minimum absolute atomic E-state index is 0.0238. The smallest absolute Gasteiger partial charge is 0.339 e. The molecule has 0 unspecified atom stereocenters. The molecule has 4 nitrogen and oxygen atoms in total. The number of ether oxygens (including phenoxy) is 1. The Hall–Kier alpha value is -1.02. The highest BCUT2D eigenvalue weighted by atomic mass is 79.9. The molecule has 0 aliphatic rings. The van der Waals surface area contributed by atoms with Crippen molar-refractivity contribution in [2.24, 2.45) is 0 Å². The van der Waals surface area contributed by atoms with Crippen LogP contribution in [0.2, 0.25) is 0 Å². The molecule has 0 aliphatic heterocycles. The van der Waals surface area contributed by atoms with Crippen LogP contribution in [0.15, 0.2) is 21.5 Å². The lowest BCUT2D eigenvalue weighted by atomic mass is 10.2. The van der Waals surface area contributed by atoms with Crippen LogP contribution >= 0.6 is 15.9 Å². The third-order valence-electron chi connectivity index (χ3n) is 1.69. The number of carbonyl (C=O) groups is 1. The first kappa shape index (κ1) is 13.0. The molecule has 0 saturated heterocycles. The Balaban J connectivity index is 3.51. The molecule has 0 fully saturated rings. The van der Waals surface area contributed by atoms with Gasteiger partial charge in [-0.25, -0.2) is 9.18 Å². The number of halogens is 3. The molecular formula is C8H5BrF2O4S. The second-order valence-corrected chi connectivity index (χ2v) is 4.86. The predicted octanol–water partition coefficient (Wildman–Crippen LogP) is 2.03. The Morgan fingerprint density at radius 3 is 2.44 bits per heavy atom. The summed E-state index contributed by atoms with van der Waals surface area (Å²) in [5.41, 5.74) is -0.278. The van der Waals surface area contributed by atoms with Crippen LogP contribution in [-0.2, 0) is 15.0 Å². The molecule has 0 saturated carbocycles. The van der Waals surface area contributed by atoms with Crippen LogP contribution in [0.25, 0.3) is 0 Å². The number of carbonyl (C=O) groups excluding carboxylic acids is 1. The van der Waals surface area contributed by atoms with Gasteiger partial charge >= 0.3 is 16.2 Å². The number of esters is 1. The first-order valence-electron chi connectivity index (χ1n) is 3.79. The van der Waals surface area contributed by atoms with Crippen molar-refractivity contribution >= 4 is 32.1 Å². The van der Waals surface area contributed by atoms with Crippen molar-refractivity contribution in [3.8, 4) is 0 Å². The lowest BCUT2D eigenvalue weighted by molar-refractivity contribution is 0.0599. The maximum absolute atomic E-state index is 13.1. The summed E-state index contributed by atoms with van der Waals surface area (Å²) in [5, 5.41) is 0. The van der Waals surface area contributed by atoms with Crippen LogP contribution in [0.3, 0.4) is 0 Å². The van der Waals surface area contributed by atoms with Gasteiger partial charge in [0, 0.05) is 4.47 Å². The Kier molecular flexibility index (Phi) is 3.64. The molecule has 0 bridgehead atoms. The molecule has 88 valence electrons. The quantitative estimate of drug-likeness (QED) is 0.619. The van der Waals surface area contributed by atoms with Crippen molar-refractivity contribution in [1.29, 1.82) is 0 Å². The van der Waals surface area contributed by atoms with Gasteiger partial charge < -0.3 is 4.74 Å². The van der Waals surface area contributed by atoms with E-state index >= 15 is 0 Å². The summed E-state index contributed by atoms with van der Waals surface area (Å²) in [6, 6.07) is 1.25. The van der Waals surface area contributed by atoms with Gasteiger partial charge in [0.15, 0.2) is 0 Å². The van der Waals surface area contributed by atoms with Crippen molar-refractivity contribution < 1.29 is 26.2 Å². The largest absolute Gasteiger partial charge is 0.465 e. The number of hydrogen-bond donors (Lipinski definition) is 0. The van der Waals surface area contributed by atoms with Crippen LogP contribution in [0.5, 0.6) is 0 Å².